The number of aromatic nitrogens is 3. The minimum atomic E-state index is 0.431. The lowest BCUT2D eigenvalue weighted by Gasteiger charge is -2.23. The SMILES string of the molecule is CC(C)Nc1cc(C(C)C)cc2c1CCCCCC2.CC(C)Nc1cc(C(C)C)cc2ccncc12.CC(C)Nc1cc(C(C)C)cc2cnccc12.CC(C)Nc1cc(C(C)C)cc2ncccc12.Cc1cc(C(C)C)cc(NC(C)C)c1C.Cc1cc(NC(C)C)cc(C(C)C)c1. The lowest BCUT2D eigenvalue weighted by Crippen LogP contribution is -2.14. The van der Waals surface area contributed by atoms with Crippen molar-refractivity contribution in [2.75, 3.05) is 31.9 Å². The Morgan fingerprint density at radius 1 is 0.323 bits per heavy atom. The standard InChI is InChI=1S/C18H29N.3C15H20N2.C14H23N.C13H21N/c1-13(2)16-11-15-9-7-5-6-8-10-17(15)18(12-16)19-14(3)4;1-10(2)12-7-13-9-16-6-5-14(13)15(8-12)17-11(3)4;1-10(2)13-7-12-5-6-16-9-14(12)15(8-13)17-11(3)4;1-10(2)12-8-14-13(6-5-7-16-14)15(9-12)17-11(3)4;1-9(2)13-7-11(5)12(6)14(8-13)15-10(3)4;1-9(2)12-6-11(5)7-13(8-12)14-10(3)4/h11-14,19H,5-10H2,1-4H3;3*5-11,17H,1-4H3;7-10,15H,1-6H3;6-10,14H,1-5H3. The number of rotatable bonds is 18. The molecule has 0 saturated carbocycles. The Labute approximate surface area is 602 Å². The highest BCUT2D eigenvalue weighted by atomic mass is 14.9. The number of nitrogens with one attached hydrogen (secondary N) is 6. The van der Waals surface area contributed by atoms with E-state index in [1.807, 2.05) is 37.1 Å². The summed E-state index contributed by atoms with van der Waals surface area (Å²) in [5.41, 5.74) is 24.2. The average molecular weight is 1340 g/mol. The van der Waals surface area contributed by atoms with Crippen molar-refractivity contribution in [1.29, 1.82) is 0 Å². The number of benzene rings is 6. The molecular weight excluding hydrogens is 1210 g/mol. The molecule has 0 amide bonds. The number of pyridine rings is 3. The lowest BCUT2D eigenvalue weighted by atomic mass is 9.88. The Morgan fingerprint density at radius 3 is 1.29 bits per heavy atom. The monoisotopic (exact) mass is 1340 g/mol. The van der Waals surface area contributed by atoms with Crippen molar-refractivity contribution < 1.29 is 0 Å². The molecule has 0 radical (unpaired) electrons. The van der Waals surface area contributed by atoms with E-state index in [9.17, 15) is 0 Å². The molecule has 3 aromatic heterocycles. The first kappa shape index (κ1) is 82.0. The van der Waals surface area contributed by atoms with Gasteiger partial charge in [0.05, 0.1) is 5.52 Å². The summed E-state index contributed by atoms with van der Waals surface area (Å²) < 4.78 is 0. The van der Waals surface area contributed by atoms with E-state index < -0.39 is 0 Å². The average Bonchev–Trinajstić information content (AvgIpc) is 0.826. The molecule has 99 heavy (non-hydrogen) atoms. The molecule has 0 aliphatic heterocycles. The largest absolute Gasteiger partial charge is 0.383 e. The van der Waals surface area contributed by atoms with E-state index in [1.165, 1.54) is 150 Å². The van der Waals surface area contributed by atoms with Crippen LogP contribution in [0.1, 0.15) is 289 Å². The molecule has 0 atom stereocenters. The van der Waals surface area contributed by atoms with Crippen molar-refractivity contribution in [3.63, 3.8) is 0 Å². The molecule has 10 rings (SSSR count). The van der Waals surface area contributed by atoms with Crippen LogP contribution in [0.4, 0.5) is 34.1 Å². The van der Waals surface area contributed by atoms with Gasteiger partial charge in [-0.1, -0.05) is 120 Å². The second kappa shape index (κ2) is 40.0. The third-order valence-electron chi connectivity index (χ3n) is 17.7. The Kier molecular flexibility index (Phi) is 33.1. The van der Waals surface area contributed by atoms with E-state index in [-0.39, 0.29) is 0 Å². The first-order valence-corrected chi connectivity index (χ1v) is 37.8. The predicted molar refractivity (Wildman–Crippen MR) is 442 cm³/mol. The van der Waals surface area contributed by atoms with Crippen molar-refractivity contribution in [2.45, 2.75) is 297 Å². The molecule has 538 valence electrons. The van der Waals surface area contributed by atoms with Gasteiger partial charge in [0.25, 0.3) is 0 Å². The van der Waals surface area contributed by atoms with Crippen LogP contribution in [0.15, 0.2) is 134 Å². The number of anilines is 6. The summed E-state index contributed by atoms with van der Waals surface area (Å²) >= 11 is 0. The van der Waals surface area contributed by atoms with Crippen molar-refractivity contribution in [1.82, 2.24) is 15.0 Å². The molecule has 6 N–H and O–H groups in total. The fraction of sp³-hybridized carbons (Fsp3) is 0.500. The fourth-order valence-corrected chi connectivity index (χ4v) is 12.2. The van der Waals surface area contributed by atoms with Gasteiger partial charge in [-0.3, -0.25) is 15.0 Å². The van der Waals surface area contributed by atoms with Crippen molar-refractivity contribution in [3.8, 4) is 0 Å². The topological polar surface area (TPSA) is 111 Å². The van der Waals surface area contributed by atoms with Gasteiger partial charge in [0, 0.05) is 123 Å². The van der Waals surface area contributed by atoms with Gasteiger partial charge in [-0.15, -0.1) is 0 Å². The minimum Gasteiger partial charge on any atom is -0.383 e. The first-order valence-electron chi connectivity index (χ1n) is 37.8. The number of aryl methyl sites for hydroxylation is 3. The minimum absolute atomic E-state index is 0.431. The highest BCUT2D eigenvalue weighted by molar-refractivity contribution is 5.95. The summed E-state index contributed by atoms with van der Waals surface area (Å²) in [6.07, 6.45) is 17.4. The molecular formula is C90H133N9. The van der Waals surface area contributed by atoms with Crippen molar-refractivity contribution in [2.24, 2.45) is 0 Å². The van der Waals surface area contributed by atoms with E-state index in [1.54, 1.807) is 11.1 Å². The molecule has 3 heterocycles. The molecule has 1 aliphatic rings. The molecule has 9 heteroatoms. The molecule has 0 bridgehead atoms. The normalized spacial score (nSPS) is 12.2. The maximum absolute atomic E-state index is 4.45. The molecule has 9 nitrogen and oxygen atoms in total. The molecule has 0 unspecified atom stereocenters. The van der Waals surface area contributed by atoms with E-state index in [2.05, 4.69) is 331 Å². The van der Waals surface area contributed by atoms with E-state index in [0.29, 0.717) is 71.8 Å². The quantitative estimate of drug-likeness (QED) is 0.0500. The Morgan fingerprint density at radius 2 is 0.747 bits per heavy atom. The van der Waals surface area contributed by atoms with Gasteiger partial charge in [0.15, 0.2) is 0 Å². The van der Waals surface area contributed by atoms with Gasteiger partial charge in [0.1, 0.15) is 0 Å². The van der Waals surface area contributed by atoms with Gasteiger partial charge < -0.3 is 31.9 Å². The predicted octanol–water partition coefficient (Wildman–Crippen LogP) is 26.0. The smallest absolute Gasteiger partial charge is 0.0725 e. The van der Waals surface area contributed by atoms with Gasteiger partial charge in [-0.05, 0) is 310 Å². The van der Waals surface area contributed by atoms with Crippen LogP contribution in [0.25, 0.3) is 32.4 Å². The zero-order valence-electron chi connectivity index (χ0n) is 66.7. The van der Waals surface area contributed by atoms with Crippen molar-refractivity contribution in [3.05, 3.63) is 195 Å². The second-order valence-corrected chi connectivity index (χ2v) is 31.5. The van der Waals surface area contributed by atoms with Gasteiger partial charge in [-0.2, -0.15) is 0 Å². The lowest BCUT2D eigenvalue weighted by molar-refractivity contribution is 0.616. The van der Waals surface area contributed by atoms with Crippen LogP contribution in [-0.4, -0.2) is 51.2 Å². The number of fused-ring (bicyclic) bond motifs is 4. The van der Waals surface area contributed by atoms with Gasteiger partial charge >= 0.3 is 0 Å². The molecule has 1 aliphatic carbocycles. The van der Waals surface area contributed by atoms with E-state index in [4.69, 9.17) is 0 Å². The van der Waals surface area contributed by atoms with Crippen LogP contribution in [0.5, 0.6) is 0 Å². The van der Waals surface area contributed by atoms with Crippen LogP contribution in [0, 0.1) is 20.8 Å². The molecule has 0 fully saturated rings. The Hall–Kier alpha value is -7.65. The van der Waals surface area contributed by atoms with Gasteiger partial charge in [-0.25, -0.2) is 0 Å². The van der Waals surface area contributed by atoms with E-state index >= 15 is 0 Å². The zero-order valence-corrected chi connectivity index (χ0v) is 66.7. The van der Waals surface area contributed by atoms with Crippen LogP contribution < -0.4 is 31.9 Å². The van der Waals surface area contributed by atoms with Gasteiger partial charge in [0.2, 0.25) is 0 Å². The van der Waals surface area contributed by atoms with Crippen LogP contribution >= 0.6 is 0 Å². The zero-order chi connectivity index (χ0) is 73.4. The third-order valence-corrected chi connectivity index (χ3v) is 17.7. The summed E-state index contributed by atoms with van der Waals surface area (Å²) in [6.45, 7) is 59.5. The van der Waals surface area contributed by atoms with E-state index in [0.717, 1.165) is 5.52 Å². The molecule has 9 aromatic rings. The number of hydrogen-bond donors (Lipinski definition) is 6. The first-order chi connectivity index (χ1) is 46.7. The Balaban J connectivity index is 0.000000215. The Bertz CT molecular complexity index is 3670. The second-order valence-electron chi connectivity index (χ2n) is 31.5. The molecule has 6 aromatic carbocycles. The maximum atomic E-state index is 4.45. The summed E-state index contributed by atoms with van der Waals surface area (Å²) in [5, 5.41) is 27.3. The molecule has 0 saturated heterocycles. The highest BCUT2D eigenvalue weighted by Crippen LogP contribution is 2.35. The van der Waals surface area contributed by atoms with Crippen LogP contribution in [-0.2, 0) is 12.8 Å². The third kappa shape index (κ3) is 26.8. The summed E-state index contributed by atoms with van der Waals surface area (Å²) in [5.74, 6) is 3.41. The fourth-order valence-electron chi connectivity index (χ4n) is 12.2. The van der Waals surface area contributed by atoms with Crippen molar-refractivity contribution >= 4 is 66.6 Å². The summed E-state index contributed by atoms with van der Waals surface area (Å²) in [7, 11) is 0. The highest BCUT2D eigenvalue weighted by Gasteiger charge is 2.17. The number of nitrogens with zero attached hydrogens (tertiary/aromatic N) is 3. The maximum Gasteiger partial charge on any atom is 0.0725 e. The molecule has 0 spiro atoms. The summed E-state index contributed by atoms with van der Waals surface area (Å²) in [6, 6.07) is 40.6. The summed E-state index contributed by atoms with van der Waals surface area (Å²) in [4.78, 5) is 12.9. The van der Waals surface area contributed by atoms with Crippen LogP contribution in [0.3, 0.4) is 0 Å². The number of hydrogen-bond acceptors (Lipinski definition) is 9. The van der Waals surface area contributed by atoms with Crippen LogP contribution in [0.2, 0.25) is 0 Å².